The lowest BCUT2D eigenvalue weighted by Gasteiger charge is -2.57. The number of piperidine rings is 1. The summed E-state index contributed by atoms with van der Waals surface area (Å²) in [6, 6.07) is 6.09. The summed E-state index contributed by atoms with van der Waals surface area (Å²) in [6.45, 7) is 1.52. The molecule has 2 heterocycles. The summed E-state index contributed by atoms with van der Waals surface area (Å²) < 4.78 is 19.1. The van der Waals surface area contributed by atoms with Crippen molar-refractivity contribution in [3.05, 3.63) is 36.0 Å². The second kappa shape index (κ2) is 6.89. The number of benzene rings is 1. The van der Waals surface area contributed by atoms with E-state index in [4.69, 9.17) is 4.42 Å². The summed E-state index contributed by atoms with van der Waals surface area (Å²) >= 11 is 0. The van der Waals surface area contributed by atoms with Crippen LogP contribution in [-0.2, 0) is 4.79 Å². The molecule has 30 heavy (non-hydrogen) atoms. The Bertz CT molecular complexity index is 918. The first-order valence-corrected chi connectivity index (χ1v) is 11.5. The van der Waals surface area contributed by atoms with Gasteiger partial charge in [0.05, 0.1) is 11.3 Å². The monoisotopic (exact) mass is 409 g/mol. The summed E-state index contributed by atoms with van der Waals surface area (Å²) in [7, 11) is 0. The minimum atomic E-state index is -0.287. The molecule has 1 amide bonds. The predicted octanol–water partition coefficient (Wildman–Crippen LogP) is 4.80. The van der Waals surface area contributed by atoms with Crippen molar-refractivity contribution in [1.82, 2.24) is 15.1 Å². The van der Waals surface area contributed by atoms with Crippen molar-refractivity contribution in [1.29, 1.82) is 0 Å². The van der Waals surface area contributed by atoms with E-state index in [1.165, 1.54) is 31.4 Å². The molecule has 1 unspecified atom stereocenters. The molecule has 1 atom stereocenters. The third-order valence-corrected chi connectivity index (χ3v) is 8.08. The van der Waals surface area contributed by atoms with Crippen molar-refractivity contribution in [2.24, 2.45) is 23.2 Å². The van der Waals surface area contributed by atoms with Gasteiger partial charge in [0.15, 0.2) is 0 Å². The van der Waals surface area contributed by atoms with Crippen LogP contribution < -0.4 is 0 Å². The fraction of sp³-hybridized carbons (Fsp3) is 0.625. The van der Waals surface area contributed by atoms with Crippen LogP contribution in [0.3, 0.4) is 0 Å². The maximum atomic E-state index is 13.7. The maximum absolute atomic E-state index is 13.7. The lowest BCUT2D eigenvalue weighted by atomic mass is 9.49. The van der Waals surface area contributed by atoms with Gasteiger partial charge in [0.25, 0.3) is 0 Å². The molecule has 0 N–H and O–H groups in total. The Labute approximate surface area is 176 Å². The van der Waals surface area contributed by atoms with Crippen LogP contribution in [0.2, 0.25) is 0 Å². The summed E-state index contributed by atoms with van der Waals surface area (Å²) in [4.78, 5) is 15.8. The van der Waals surface area contributed by atoms with Crippen LogP contribution in [0.4, 0.5) is 4.39 Å². The lowest BCUT2D eigenvalue weighted by Crippen LogP contribution is -2.55. The normalized spacial score (nSPS) is 35.0. The molecule has 4 saturated carbocycles. The van der Waals surface area contributed by atoms with Gasteiger partial charge >= 0.3 is 0 Å². The highest BCUT2D eigenvalue weighted by Gasteiger charge is 2.55. The van der Waals surface area contributed by atoms with Gasteiger partial charge in [0, 0.05) is 18.7 Å². The van der Waals surface area contributed by atoms with Crippen molar-refractivity contribution in [2.45, 2.75) is 57.3 Å². The fourth-order valence-corrected chi connectivity index (χ4v) is 7.18. The molecule has 5 nitrogen and oxygen atoms in total. The standard InChI is InChI=1S/C24H28FN3O2/c25-20-5-3-18(4-6-20)21-26-27-22(30-21)19-2-1-7-28(14-19)23(29)24-11-15-8-16(12-24)10-17(9-15)13-24/h3-6,15-17,19H,1-2,7-14H2. The largest absolute Gasteiger partial charge is 0.420 e. The molecule has 1 aliphatic heterocycles. The van der Waals surface area contributed by atoms with Crippen LogP contribution in [-0.4, -0.2) is 34.1 Å². The van der Waals surface area contributed by atoms with E-state index in [0.29, 0.717) is 29.8 Å². The molecule has 4 bridgehead atoms. The van der Waals surface area contributed by atoms with Gasteiger partial charge in [-0.3, -0.25) is 4.79 Å². The highest BCUT2D eigenvalue weighted by atomic mass is 19.1. The molecule has 6 heteroatoms. The summed E-state index contributed by atoms with van der Waals surface area (Å²) in [5.41, 5.74) is 0.623. The minimum Gasteiger partial charge on any atom is -0.420 e. The Morgan fingerprint density at radius 3 is 2.37 bits per heavy atom. The van der Waals surface area contributed by atoms with Crippen molar-refractivity contribution in [3.8, 4) is 11.5 Å². The average Bonchev–Trinajstić information content (AvgIpc) is 3.23. The molecular formula is C24H28FN3O2. The van der Waals surface area contributed by atoms with E-state index in [0.717, 1.165) is 56.4 Å². The van der Waals surface area contributed by atoms with Gasteiger partial charge < -0.3 is 9.32 Å². The smallest absolute Gasteiger partial charge is 0.247 e. The third kappa shape index (κ3) is 3.07. The number of nitrogens with zero attached hydrogens (tertiary/aromatic N) is 3. The molecular weight excluding hydrogens is 381 g/mol. The van der Waals surface area contributed by atoms with E-state index in [1.54, 1.807) is 12.1 Å². The Morgan fingerprint density at radius 2 is 1.70 bits per heavy atom. The number of rotatable bonds is 3. The minimum absolute atomic E-state index is 0.0818. The Kier molecular flexibility index (Phi) is 4.26. The van der Waals surface area contributed by atoms with Crippen molar-refractivity contribution in [3.63, 3.8) is 0 Å². The zero-order chi connectivity index (χ0) is 20.3. The van der Waals surface area contributed by atoms with E-state index in [2.05, 4.69) is 15.1 Å². The van der Waals surface area contributed by atoms with Crippen LogP contribution in [0.15, 0.2) is 28.7 Å². The number of hydrogen-bond donors (Lipinski definition) is 0. The number of halogens is 1. The Hall–Kier alpha value is -2.24. The van der Waals surface area contributed by atoms with Crippen LogP contribution >= 0.6 is 0 Å². The first-order valence-electron chi connectivity index (χ1n) is 11.5. The Morgan fingerprint density at radius 1 is 1.03 bits per heavy atom. The van der Waals surface area contributed by atoms with Crippen LogP contribution in [0.5, 0.6) is 0 Å². The van der Waals surface area contributed by atoms with E-state index < -0.39 is 0 Å². The number of hydrogen-bond acceptors (Lipinski definition) is 4. The average molecular weight is 410 g/mol. The number of carbonyl (C=O) groups excluding carboxylic acids is 1. The zero-order valence-electron chi connectivity index (χ0n) is 17.2. The molecule has 1 aromatic carbocycles. The third-order valence-electron chi connectivity index (χ3n) is 8.08. The van der Waals surface area contributed by atoms with E-state index in [-0.39, 0.29) is 17.2 Å². The van der Waals surface area contributed by atoms with Gasteiger partial charge in [-0.1, -0.05) is 0 Å². The topological polar surface area (TPSA) is 59.2 Å². The number of amides is 1. The molecule has 5 fully saturated rings. The number of likely N-dealkylation sites (tertiary alicyclic amines) is 1. The molecule has 2 aromatic rings. The van der Waals surface area contributed by atoms with Gasteiger partial charge in [0.1, 0.15) is 5.82 Å². The Balaban J connectivity index is 1.19. The van der Waals surface area contributed by atoms with Gasteiger partial charge in [-0.05, 0) is 93.4 Å². The first-order chi connectivity index (χ1) is 14.6. The lowest BCUT2D eigenvalue weighted by molar-refractivity contribution is -0.159. The van der Waals surface area contributed by atoms with Crippen LogP contribution in [0.25, 0.3) is 11.5 Å². The highest BCUT2D eigenvalue weighted by Crippen LogP contribution is 2.60. The van der Waals surface area contributed by atoms with Gasteiger partial charge in [-0.25, -0.2) is 4.39 Å². The molecule has 4 aliphatic carbocycles. The van der Waals surface area contributed by atoms with Gasteiger partial charge in [-0.2, -0.15) is 0 Å². The second-order valence-corrected chi connectivity index (χ2v) is 10.2. The molecule has 1 saturated heterocycles. The maximum Gasteiger partial charge on any atom is 0.247 e. The zero-order valence-corrected chi connectivity index (χ0v) is 17.2. The summed E-state index contributed by atoms with van der Waals surface area (Å²) in [5.74, 6) is 3.51. The van der Waals surface area contributed by atoms with Crippen molar-refractivity contribution < 1.29 is 13.6 Å². The van der Waals surface area contributed by atoms with Crippen molar-refractivity contribution >= 4 is 5.91 Å². The second-order valence-electron chi connectivity index (χ2n) is 10.2. The van der Waals surface area contributed by atoms with Crippen LogP contribution in [0.1, 0.15) is 63.2 Å². The molecule has 0 spiro atoms. The predicted molar refractivity (Wildman–Crippen MR) is 109 cm³/mol. The first kappa shape index (κ1) is 18.5. The molecule has 0 radical (unpaired) electrons. The summed E-state index contributed by atoms with van der Waals surface area (Å²) in [5, 5.41) is 8.45. The van der Waals surface area contributed by atoms with Gasteiger partial charge in [-0.15, -0.1) is 10.2 Å². The summed E-state index contributed by atoms with van der Waals surface area (Å²) in [6.07, 6.45) is 9.29. The fourth-order valence-electron chi connectivity index (χ4n) is 7.18. The highest BCUT2D eigenvalue weighted by molar-refractivity contribution is 5.83. The van der Waals surface area contributed by atoms with Crippen molar-refractivity contribution in [2.75, 3.05) is 13.1 Å². The SMILES string of the molecule is O=C(N1CCCC(c2nnc(-c3ccc(F)cc3)o2)C1)C12CC3CC(CC(C3)C1)C2. The van der Waals surface area contributed by atoms with Gasteiger partial charge in [0.2, 0.25) is 17.7 Å². The number of carbonyl (C=O) groups is 1. The van der Waals surface area contributed by atoms with E-state index in [9.17, 15) is 9.18 Å². The van der Waals surface area contributed by atoms with Crippen LogP contribution in [0, 0.1) is 29.0 Å². The molecule has 158 valence electrons. The molecule has 7 rings (SSSR count). The van der Waals surface area contributed by atoms with E-state index in [1.807, 2.05) is 0 Å². The quantitative estimate of drug-likeness (QED) is 0.731. The number of aromatic nitrogens is 2. The van der Waals surface area contributed by atoms with E-state index >= 15 is 0 Å². The molecule has 1 aromatic heterocycles. The molecule has 5 aliphatic rings.